The van der Waals surface area contributed by atoms with Crippen LogP contribution in [0, 0.1) is 13.8 Å². The summed E-state index contributed by atoms with van der Waals surface area (Å²) in [4.78, 5) is 38.2. The summed E-state index contributed by atoms with van der Waals surface area (Å²) in [5, 5.41) is 3.00. The third kappa shape index (κ3) is 5.38. The molecule has 0 atom stereocenters. The number of thiophene rings is 1. The van der Waals surface area contributed by atoms with Gasteiger partial charge in [-0.2, -0.15) is 0 Å². The molecule has 160 valence electrons. The van der Waals surface area contributed by atoms with Gasteiger partial charge in [0.1, 0.15) is 16.5 Å². The minimum atomic E-state index is -0.599. The van der Waals surface area contributed by atoms with Gasteiger partial charge in [-0.25, -0.2) is 9.59 Å². The Morgan fingerprint density at radius 3 is 2.23 bits per heavy atom. The molecule has 1 amide bonds. The van der Waals surface area contributed by atoms with Crippen LogP contribution in [-0.2, 0) is 16.1 Å². The molecule has 6 nitrogen and oxygen atoms in total. The van der Waals surface area contributed by atoms with E-state index >= 15 is 0 Å². The van der Waals surface area contributed by atoms with E-state index < -0.39 is 11.9 Å². The van der Waals surface area contributed by atoms with Gasteiger partial charge < -0.3 is 14.8 Å². The molecule has 31 heavy (non-hydrogen) atoms. The van der Waals surface area contributed by atoms with Crippen molar-refractivity contribution in [3.05, 3.63) is 87.3 Å². The summed E-state index contributed by atoms with van der Waals surface area (Å²) >= 11 is 1.00. The maximum atomic E-state index is 12.7. The first kappa shape index (κ1) is 22.2. The summed E-state index contributed by atoms with van der Waals surface area (Å²) in [5.74, 6) is -1.54. The fourth-order valence-corrected chi connectivity index (χ4v) is 4.00. The quantitative estimate of drug-likeness (QED) is 0.517. The summed E-state index contributed by atoms with van der Waals surface area (Å²) in [5.41, 5.74) is 2.90. The number of amides is 1. The van der Waals surface area contributed by atoms with Crippen LogP contribution in [0.2, 0.25) is 0 Å². The summed E-state index contributed by atoms with van der Waals surface area (Å²) in [6, 6.07) is 16.4. The van der Waals surface area contributed by atoms with E-state index in [1.54, 1.807) is 26.0 Å². The second kappa shape index (κ2) is 10.0. The topological polar surface area (TPSA) is 81.7 Å². The van der Waals surface area contributed by atoms with E-state index in [1.165, 1.54) is 0 Å². The molecule has 2 aromatic carbocycles. The van der Waals surface area contributed by atoms with Crippen molar-refractivity contribution in [2.24, 2.45) is 0 Å². The molecular weight excluding hydrogens is 414 g/mol. The number of benzene rings is 2. The van der Waals surface area contributed by atoms with E-state index in [-0.39, 0.29) is 34.6 Å². The number of ether oxygens (including phenoxy) is 2. The van der Waals surface area contributed by atoms with Crippen molar-refractivity contribution in [3.8, 4) is 0 Å². The fourth-order valence-electron chi connectivity index (χ4n) is 2.91. The number of rotatable bonds is 7. The average molecular weight is 438 g/mol. The number of carbonyl (C=O) groups is 3. The molecule has 0 bridgehead atoms. The second-order valence-corrected chi connectivity index (χ2v) is 7.88. The lowest BCUT2D eigenvalue weighted by Gasteiger charge is -2.07. The normalized spacial score (nSPS) is 10.4. The van der Waals surface area contributed by atoms with Crippen molar-refractivity contribution in [2.75, 3.05) is 11.9 Å². The highest BCUT2D eigenvalue weighted by Gasteiger charge is 2.27. The summed E-state index contributed by atoms with van der Waals surface area (Å²) < 4.78 is 10.6. The van der Waals surface area contributed by atoms with Gasteiger partial charge in [0.25, 0.3) is 5.91 Å². The van der Waals surface area contributed by atoms with Crippen molar-refractivity contribution < 1.29 is 23.9 Å². The minimum absolute atomic E-state index is 0.108. The number of carbonyl (C=O) groups excluding carboxylic acids is 3. The van der Waals surface area contributed by atoms with Crippen LogP contribution in [0.1, 0.15) is 54.0 Å². The molecule has 0 fully saturated rings. The van der Waals surface area contributed by atoms with Gasteiger partial charge in [0.05, 0.1) is 12.2 Å². The maximum absolute atomic E-state index is 12.7. The van der Waals surface area contributed by atoms with Crippen molar-refractivity contribution >= 4 is 34.2 Å². The van der Waals surface area contributed by atoms with E-state index in [0.29, 0.717) is 11.1 Å². The Bertz CT molecular complexity index is 1090. The molecule has 7 heteroatoms. The molecule has 0 radical (unpaired) electrons. The van der Waals surface area contributed by atoms with E-state index in [9.17, 15) is 14.4 Å². The number of hydrogen-bond donors (Lipinski definition) is 1. The van der Waals surface area contributed by atoms with E-state index in [1.807, 2.05) is 49.4 Å². The molecule has 0 saturated carbocycles. The zero-order valence-corrected chi connectivity index (χ0v) is 18.4. The number of nitrogens with one attached hydrogen (secondary N) is 1. The standard InChI is InChI=1S/C24H23NO5S/c1-4-29-23(27)19-16(3)20(24(28)30-14-17-8-6-5-7-9-17)31-22(19)25-21(26)18-12-10-15(2)11-13-18/h5-13H,4,14H2,1-3H3,(H,25,26). The smallest absolute Gasteiger partial charge is 0.349 e. The highest BCUT2D eigenvalue weighted by atomic mass is 32.1. The third-order valence-corrected chi connectivity index (χ3v) is 5.75. The molecule has 0 aliphatic carbocycles. The Morgan fingerprint density at radius 1 is 0.903 bits per heavy atom. The number of esters is 2. The summed E-state index contributed by atoms with van der Waals surface area (Å²) in [6.45, 7) is 5.54. The Hall–Kier alpha value is -3.45. The number of aryl methyl sites for hydroxylation is 1. The van der Waals surface area contributed by atoms with Gasteiger partial charge in [-0.15, -0.1) is 11.3 Å². The Balaban J connectivity index is 1.86. The second-order valence-electron chi connectivity index (χ2n) is 6.86. The van der Waals surface area contributed by atoms with Gasteiger partial charge in [-0.05, 0) is 44.0 Å². The van der Waals surface area contributed by atoms with Gasteiger partial charge in [0.2, 0.25) is 0 Å². The van der Waals surface area contributed by atoms with Crippen molar-refractivity contribution in [2.45, 2.75) is 27.4 Å². The summed E-state index contributed by atoms with van der Waals surface area (Å²) in [6.07, 6.45) is 0. The van der Waals surface area contributed by atoms with E-state index in [4.69, 9.17) is 9.47 Å². The van der Waals surface area contributed by atoms with Gasteiger partial charge in [-0.3, -0.25) is 4.79 Å². The lowest BCUT2D eigenvalue weighted by Crippen LogP contribution is -2.15. The molecule has 0 saturated heterocycles. The molecular formula is C24H23NO5S. The van der Waals surface area contributed by atoms with Crippen LogP contribution in [0.5, 0.6) is 0 Å². The molecule has 1 heterocycles. The predicted molar refractivity (Wildman–Crippen MR) is 120 cm³/mol. The molecule has 0 spiro atoms. The van der Waals surface area contributed by atoms with Gasteiger partial charge >= 0.3 is 11.9 Å². The monoisotopic (exact) mass is 437 g/mol. The molecule has 3 rings (SSSR count). The van der Waals surface area contributed by atoms with Crippen LogP contribution in [0.25, 0.3) is 0 Å². The molecule has 1 N–H and O–H groups in total. The van der Waals surface area contributed by atoms with Gasteiger partial charge in [0.15, 0.2) is 0 Å². The molecule has 0 aliphatic heterocycles. The first-order valence-electron chi connectivity index (χ1n) is 9.80. The first-order chi connectivity index (χ1) is 14.9. The van der Waals surface area contributed by atoms with Gasteiger partial charge in [0, 0.05) is 5.56 Å². The van der Waals surface area contributed by atoms with Crippen molar-refractivity contribution in [1.82, 2.24) is 0 Å². The van der Waals surface area contributed by atoms with Crippen LogP contribution in [-0.4, -0.2) is 24.5 Å². The molecule has 0 unspecified atom stereocenters. The Morgan fingerprint density at radius 2 is 1.58 bits per heavy atom. The number of hydrogen-bond acceptors (Lipinski definition) is 6. The van der Waals surface area contributed by atoms with E-state index in [2.05, 4.69) is 5.32 Å². The Labute approximate surface area is 184 Å². The SMILES string of the molecule is CCOC(=O)c1c(NC(=O)c2ccc(C)cc2)sc(C(=O)OCc2ccccc2)c1C. The maximum Gasteiger partial charge on any atom is 0.349 e. The van der Waals surface area contributed by atoms with Crippen LogP contribution in [0.3, 0.4) is 0 Å². The average Bonchev–Trinajstić information content (AvgIpc) is 3.09. The largest absolute Gasteiger partial charge is 0.462 e. The predicted octanol–water partition coefficient (Wildman–Crippen LogP) is 5.15. The number of anilines is 1. The highest BCUT2D eigenvalue weighted by Crippen LogP contribution is 2.34. The van der Waals surface area contributed by atoms with Crippen LogP contribution >= 0.6 is 11.3 Å². The summed E-state index contributed by atoms with van der Waals surface area (Å²) in [7, 11) is 0. The lowest BCUT2D eigenvalue weighted by atomic mass is 10.1. The molecule has 3 aromatic rings. The highest BCUT2D eigenvalue weighted by molar-refractivity contribution is 7.18. The zero-order chi connectivity index (χ0) is 22.4. The first-order valence-corrected chi connectivity index (χ1v) is 10.6. The Kier molecular flexibility index (Phi) is 7.20. The van der Waals surface area contributed by atoms with Crippen LogP contribution in [0.15, 0.2) is 54.6 Å². The molecule has 1 aromatic heterocycles. The fraction of sp³-hybridized carbons (Fsp3) is 0.208. The molecule has 0 aliphatic rings. The van der Waals surface area contributed by atoms with Crippen LogP contribution in [0.4, 0.5) is 5.00 Å². The van der Waals surface area contributed by atoms with Crippen molar-refractivity contribution in [1.29, 1.82) is 0 Å². The third-order valence-electron chi connectivity index (χ3n) is 4.57. The minimum Gasteiger partial charge on any atom is -0.462 e. The van der Waals surface area contributed by atoms with Crippen molar-refractivity contribution in [3.63, 3.8) is 0 Å². The lowest BCUT2D eigenvalue weighted by molar-refractivity contribution is 0.0477. The van der Waals surface area contributed by atoms with E-state index in [0.717, 1.165) is 22.5 Å². The van der Waals surface area contributed by atoms with Crippen LogP contribution < -0.4 is 5.32 Å². The van der Waals surface area contributed by atoms with Gasteiger partial charge in [-0.1, -0.05) is 48.0 Å². The zero-order valence-electron chi connectivity index (χ0n) is 17.6.